The van der Waals surface area contributed by atoms with Gasteiger partial charge in [0.15, 0.2) is 22.3 Å². The number of nitrogens with one attached hydrogen (secondary N) is 2. The molecule has 172 valence electrons. The molecule has 1 aliphatic heterocycles. The van der Waals surface area contributed by atoms with Gasteiger partial charge in [-0.15, -0.1) is 10.2 Å². The second kappa shape index (κ2) is 9.44. The van der Waals surface area contributed by atoms with Gasteiger partial charge in [0, 0.05) is 24.5 Å². The highest BCUT2D eigenvalue weighted by Crippen LogP contribution is 2.34. The lowest BCUT2D eigenvalue weighted by Gasteiger charge is -2.07. The van der Waals surface area contributed by atoms with Gasteiger partial charge in [0.25, 0.3) is 5.91 Å². The summed E-state index contributed by atoms with van der Waals surface area (Å²) in [6.45, 7) is 2.63. The van der Waals surface area contributed by atoms with Crippen molar-refractivity contribution in [2.24, 2.45) is 0 Å². The first-order valence-electron chi connectivity index (χ1n) is 10.6. The molecular weight excluding hydrogens is 454 g/mol. The summed E-state index contributed by atoms with van der Waals surface area (Å²) in [4.78, 5) is 25.1. The average molecular weight is 476 g/mol. The Hall–Kier alpha value is -4.05. The number of pyridine rings is 1. The third-order valence-electron chi connectivity index (χ3n) is 5.20. The normalized spacial score (nSPS) is 12.0. The smallest absolute Gasteiger partial charge is 0.253 e. The van der Waals surface area contributed by atoms with Gasteiger partial charge in [-0.2, -0.15) is 0 Å². The van der Waals surface area contributed by atoms with Gasteiger partial charge in [-0.3, -0.25) is 14.0 Å². The second-order valence-corrected chi connectivity index (χ2v) is 8.64. The summed E-state index contributed by atoms with van der Waals surface area (Å²) < 4.78 is 12.3. The Morgan fingerprint density at radius 1 is 1.03 bits per heavy atom. The van der Waals surface area contributed by atoms with Crippen molar-refractivity contribution >= 4 is 34.9 Å². The molecule has 2 aromatic heterocycles. The maximum atomic E-state index is 12.7. The predicted molar refractivity (Wildman–Crippen MR) is 127 cm³/mol. The van der Waals surface area contributed by atoms with E-state index in [2.05, 4.69) is 20.8 Å². The average Bonchev–Trinajstić information content (AvgIpc) is 3.48. The van der Waals surface area contributed by atoms with Crippen LogP contribution in [0.15, 0.2) is 66.0 Å². The van der Waals surface area contributed by atoms with E-state index in [9.17, 15) is 9.59 Å². The number of thioether (sulfide) groups is 1. The number of hydrogen-bond donors (Lipinski definition) is 2. The lowest BCUT2D eigenvalue weighted by atomic mass is 10.1. The third-order valence-corrected chi connectivity index (χ3v) is 6.14. The Bertz CT molecular complexity index is 1370. The largest absolute Gasteiger partial charge is 0.454 e. The summed E-state index contributed by atoms with van der Waals surface area (Å²) in [5, 5.41) is 14.5. The zero-order chi connectivity index (χ0) is 23.5. The Morgan fingerprint density at radius 2 is 1.85 bits per heavy atom. The first-order valence-corrected chi connectivity index (χ1v) is 11.5. The van der Waals surface area contributed by atoms with Crippen LogP contribution in [0, 0.1) is 6.92 Å². The van der Waals surface area contributed by atoms with E-state index < -0.39 is 0 Å². The molecule has 3 heterocycles. The maximum absolute atomic E-state index is 12.7. The standard InChI is InChI=1S/C24H21N5O4S/c1-15-2-4-16(5-3-15)11-25-23(31)17-6-9-21-27-28-24(29(21)12-17)34-13-22(30)26-18-7-8-19-20(10-18)33-14-32-19/h2-10,12H,11,13-14H2,1H3,(H,25,31)(H,26,30). The van der Waals surface area contributed by atoms with Crippen LogP contribution in [0.5, 0.6) is 11.5 Å². The number of hydrogen-bond acceptors (Lipinski definition) is 7. The number of carbonyl (C=O) groups is 2. The Labute approximate surface area is 199 Å². The summed E-state index contributed by atoms with van der Waals surface area (Å²) in [6.07, 6.45) is 1.68. The highest BCUT2D eigenvalue weighted by Gasteiger charge is 2.16. The number of aromatic nitrogens is 3. The van der Waals surface area contributed by atoms with Crippen molar-refractivity contribution in [2.75, 3.05) is 17.9 Å². The van der Waals surface area contributed by atoms with E-state index in [0.717, 1.165) is 5.56 Å². The molecule has 0 bridgehead atoms. The Kier molecular flexibility index (Phi) is 6.05. The van der Waals surface area contributed by atoms with Crippen molar-refractivity contribution in [3.63, 3.8) is 0 Å². The predicted octanol–water partition coefficient (Wildman–Crippen LogP) is 3.43. The molecule has 2 aromatic carbocycles. The van der Waals surface area contributed by atoms with Gasteiger partial charge in [-0.1, -0.05) is 41.6 Å². The van der Waals surface area contributed by atoms with Gasteiger partial charge in [0.05, 0.1) is 11.3 Å². The number of nitrogens with zero attached hydrogens (tertiary/aromatic N) is 3. The van der Waals surface area contributed by atoms with Crippen molar-refractivity contribution in [2.45, 2.75) is 18.6 Å². The number of benzene rings is 2. The van der Waals surface area contributed by atoms with E-state index in [1.807, 2.05) is 31.2 Å². The number of rotatable bonds is 7. The third kappa shape index (κ3) is 4.81. The molecule has 1 aliphatic rings. The van der Waals surface area contributed by atoms with Crippen LogP contribution in [0.4, 0.5) is 5.69 Å². The van der Waals surface area contributed by atoms with Crippen molar-refractivity contribution < 1.29 is 19.1 Å². The zero-order valence-corrected chi connectivity index (χ0v) is 19.1. The van der Waals surface area contributed by atoms with Crippen LogP contribution in [-0.4, -0.2) is 39.0 Å². The molecule has 5 rings (SSSR count). The number of carbonyl (C=O) groups excluding carboxylic acids is 2. The highest BCUT2D eigenvalue weighted by atomic mass is 32.2. The van der Waals surface area contributed by atoms with E-state index >= 15 is 0 Å². The number of anilines is 1. The first-order chi connectivity index (χ1) is 16.5. The minimum Gasteiger partial charge on any atom is -0.454 e. The first kappa shape index (κ1) is 21.8. The molecule has 34 heavy (non-hydrogen) atoms. The lowest BCUT2D eigenvalue weighted by Crippen LogP contribution is -2.23. The SMILES string of the molecule is Cc1ccc(CNC(=O)c2ccc3nnc(SCC(=O)Nc4ccc5c(c4)OCO5)n3c2)cc1. The Morgan fingerprint density at radius 3 is 2.71 bits per heavy atom. The monoisotopic (exact) mass is 475 g/mol. The minimum atomic E-state index is -0.201. The van der Waals surface area contributed by atoms with Crippen molar-refractivity contribution in [3.05, 3.63) is 77.5 Å². The highest BCUT2D eigenvalue weighted by molar-refractivity contribution is 7.99. The molecule has 0 radical (unpaired) electrons. The molecule has 0 atom stereocenters. The van der Waals surface area contributed by atoms with Gasteiger partial charge in [0.1, 0.15) is 0 Å². The molecule has 0 spiro atoms. The minimum absolute atomic E-state index is 0.124. The van der Waals surface area contributed by atoms with Crippen molar-refractivity contribution in [1.29, 1.82) is 0 Å². The number of aryl methyl sites for hydroxylation is 1. The van der Waals surface area contributed by atoms with E-state index in [1.165, 1.54) is 17.3 Å². The van der Waals surface area contributed by atoms with E-state index in [-0.39, 0.29) is 24.4 Å². The fraction of sp³-hybridized carbons (Fsp3) is 0.167. The molecule has 0 unspecified atom stereocenters. The quantitative estimate of drug-likeness (QED) is 0.395. The van der Waals surface area contributed by atoms with Crippen LogP contribution in [0.25, 0.3) is 5.65 Å². The molecule has 0 aliphatic carbocycles. The van der Waals surface area contributed by atoms with Gasteiger partial charge >= 0.3 is 0 Å². The molecule has 0 fully saturated rings. The van der Waals surface area contributed by atoms with E-state index in [1.54, 1.807) is 40.9 Å². The number of fused-ring (bicyclic) bond motifs is 2. The van der Waals surface area contributed by atoms with Gasteiger partial charge in [-0.25, -0.2) is 0 Å². The molecule has 0 saturated heterocycles. The van der Waals surface area contributed by atoms with Crippen LogP contribution in [-0.2, 0) is 11.3 Å². The topological polar surface area (TPSA) is 107 Å². The van der Waals surface area contributed by atoms with E-state index in [0.29, 0.717) is 40.1 Å². The fourth-order valence-corrected chi connectivity index (χ4v) is 4.11. The van der Waals surface area contributed by atoms with Crippen molar-refractivity contribution in [1.82, 2.24) is 19.9 Å². The molecule has 4 aromatic rings. The van der Waals surface area contributed by atoms with Crippen LogP contribution >= 0.6 is 11.8 Å². The maximum Gasteiger partial charge on any atom is 0.253 e. The molecule has 9 nitrogen and oxygen atoms in total. The molecule has 2 N–H and O–H groups in total. The lowest BCUT2D eigenvalue weighted by molar-refractivity contribution is -0.113. The van der Waals surface area contributed by atoms with Crippen LogP contribution in [0.1, 0.15) is 21.5 Å². The molecule has 10 heteroatoms. The number of amides is 2. The van der Waals surface area contributed by atoms with Gasteiger partial charge in [-0.05, 0) is 36.8 Å². The van der Waals surface area contributed by atoms with Crippen molar-refractivity contribution in [3.8, 4) is 11.5 Å². The summed E-state index contributed by atoms with van der Waals surface area (Å²) in [5.74, 6) is 0.974. The van der Waals surface area contributed by atoms with Crippen LogP contribution < -0.4 is 20.1 Å². The summed E-state index contributed by atoms with van der Waals surface area (Å²) in [6, 6.07) is 16.7. The van der Waals surface area contributed by atoms with E-state index in [4.69, 9.17) is 9.47 Å². The summed E-state index contributed by atoms with van der Waals surface area (Å²) in [5.41, 5.74) is 3.88. The Balaban J connectivity index is 1.21. The summed E-state index contributed by atoms with van der Waals surface area (Å²) in [7, 11) is 0. The fourth-order valence-electron chi connectivity index (χ4n) is 3.39. The van der Waals surface area contributed by atoms with Crippen LogP contribution in [0.3, 0.4) is 0 Å². The zero-order valence-electron chi connectivity index (χ0n) is 18.3. The van der Waals surface area contributed by atoms with Gasteiger partial charge < -0.3 is 20.1 Å². The molecule has 0 saturated carbocycles. The van der Waals surface area contributed by atoms with Crippen LogP contribution in [0.2, 0.25) is 0 Å². The molecule has 2 amide bonds. The number of ether oxygens (including phenoxy) is 2. The molecular formula is C24H21N5O4S. The summed E-state index contributed by atoms with van der Waals surface area (Å²) >= 11 is 1.23. The van der Waals surface area contributed by atoms with Gasteiger partial charge in [0.2, 0.25) is 12.7 Å². The second-order valence-electron chi connectivity index (χ2n) is 7.70.